The molecule has 1 aromatic heterocycles. The topological polar surface area (TPSA) is 110 Å². The van der Waals surface area contributed by atoms with Gasteiger partial charge in [0.15, 0.2) is 5.54 Å². The lowest BCUT2D eigenvalue weighted by Crippen LogP contribution is -2.59. The van der Waals surface area contributed by atoms with E-state index in [4.69, 9.17) is 27.9 Å². The Morgan fingerprint density at radius 2 is 1.83 bits per heavy atom. The Labute approximate surface area is 252 Å². The lowest BCUT2D eigenvalue weighted by atomic mass is 9.91. The molecule has 0 radical (unpaired) electrons. The SMILES string of the molecule is Cc1cc(F)ccc1C1C(=O)NCCN1C(=O)C1(n2cc(-c3cc(Cl)cc(Cl)c3)nn2)CCN(C(=O)OC(C)(C)C)C1. The van der Waals surface area contributed by atoms with E-state index in [1.807, 2.05) is 0 Å². The summed E-state index contributed by atoms with van der Waals surface area (Å²) in [6.07, 6.45) is 1.24. The number of benzene rings is 2. The van der Waals surface area contributed by atoms with E-state index in [2.05, 4.69) is 15.6 Å². The zero-order valence-electron chi connectivity index (χ0n) is 23.7. The second-order valence-electron chi connectivity index (χ2n) is 11.6. The van der Waals surface area contributed by atoms with Crippen LogP contribution in [0.15, 0.2) is 42.6 Å². The van der Waals surface area contributed by atoms with Crippen LogP contribution < -0.4 is 5.32 Å². The molecule has 2 unspecified atom stereocenters. The highest BCUT2D eigenvalue weighted by molar-refractivity contribution is 6.35. The third-order valence-electron chi connectivity index (χ3n) is 7.39. The largest absolute Gasteiger partial charge is 0.444 e. The zero-order valence-corrected chi connectivity index (χ0v) is 25.2. The predicted octanol–water partition coefficient (Wildman–Crippen LogP) is 4.74. The van der Waals surface area contributed by atoms with E-state index in [9.17, 15) is 18.8 Å². The molecule has 42 heavy (non-hydrogen) atoms. The summed E-state index contributed by atoms with van der Waals surface area (Å²) in [5, 5.41) is 12.3. The third-order valence-corrected chi connectivity index (χ3v) is 7.82. The quantitative estimate of drug-likeness (QED) is 0.454. The van der Waals surface area contributed by atoms with Gasteiger partial charge in [-0.05, 0) is 69.2 Å². The van der Waals surface area contributed by atoms with E-state index in [0.717, 1.165) is 0 Å². The summed E-state index contributed by atoms with van der Waals surface area (Å²) in [5.74, 6) is -1.24. The number of hydrogen-bond acceptors (Lipinski definition) is 6. The van der Waals surface area contributed by atoms with Crippen molar-refractivity contribution in [3.8, 4) is 11.3 Å². The Hall–Kier alpha value is -3.70. The molecule has 2 atom stereocenters. The molecular formula is C29H31Cl2FN6O4. The first-order valence-electron chi connectivity index (χ1n) is 13.5. The van der Waals surface area contributed by atoms with Crippen molar-refractivity contribution in [3.63, 3.8) is 0 Å². The number of likely N-dealkylation sites (tertiary alicyclic amines) is 1. The molecule has 3 amide bonds. The molecule has 2 saturated heterocycles. The molecule has 2 aliphatic rings. The maximum Gasteiger partial charge on any atom is 0.410 e. The number of aryl methyl sites for hydroxylation is 1. The molecular weight excluding hydrogens is 586 g/mol. The van der Waals surface area contributed by atoms with E-state index >= 15 is 0 Å². The van der Waals surface area contributed by atoms with Gasteiger partial charge in [0.1, 0.15) is 23.2 Å². The van der Waals surface area contributed by atoms with Gasteiger partial charge in [-0.1, -0.05) is 34.5 Å². The number of nitrogens with zero attached hydrogens (tertiary/aromatic N) is 5. The third kappa shape index (κ3) is 5.80. The number of carbonyl (C=O) groups is 3. The number of piperazine rings is 1. The molecule has 2 aromatic carbocycles. The summed E-state index contributed by atoms with van der Waals surface area (Å²) in [6, 6.07) is 8.06. The van der Waals surface area contributed by atoms with Crippen LogP contribution in [-0.2, 0) is 19.9 Å². The lowest BCUT2D eigenvalue weighted by Gasteiger charge is -2.41. The van der Waals surface area contributed by atoms with Gasteiger partial charge in [-0.2, -0.15) is 0 Å². The minimum absolute atomic E-state index is 0.0624. The molecule has 0 saturated carbocycles. The maximum absolute atomic E-state index is 14.7. The molecule has 13 heteroatoms. The zero-order chi connectivity index (χ0) is 30.4. The number of carbonyl (C=O) groups excluding carboxylic acids is 3. The predicted molar refractivity (Wildman–Crippen MR) is 154 cm³/mol. The summed E-state index contributed by atoms with van der Waals surface area (Å²) in [4.78, 5) is 44.0. The number of rotatable bonds is 4. The highest BCUT2D eigenvalue weighted by Gasteiger charge is 2.53. The Morgan fingerprint density at radius 1 is 1.12 bits per heavy atom. The highest BCUT2D eigenvalue weighted by atomic mass is 35.5. The highest BCUT2D eigenvalue weighted by Crippen LogP contribution is 2.37. The van der Waals surface area contributed by atoms with Gasteiger partial charge in [0.05, 0.1) is 12.7 Å². The molecule has 10 nitrogen and oxygen atoms in total. The molecule has 2 fully saturated rings. The van der Waals surface area contributed by atoms with E-state index in [0.29, 0.717) is 32.4 Å². The number of hydrogen-bond donors (Lipinski definition) is 1. The average molecular weight is 618 g/mol. The van der Waals surface area contributed by atoms with Gasteiger partial charge in [-0.3, -0.25) is 9.59 Å². The lowest BCUT2D eigenvalue weighted by molar-refractivity contribution is -0.150. The van der Waals surface area contributed by atoms with Gasteiger partial charge >= 0.3 is 6.09 Å². The smallest absolute Gasteiger partial charge is 0.410 e. The first-order chi connectivity index (χ1) is 19.8. The Bertz CT molecular complexity index is 1540. The fourth-order valence-electron chi connectivity index (χ4n) is 5.45. The molecule has 5 rings (SSSR count). The number of ether oxygens (including phenoxy) is 1. The van der Waals surface area contributed by atoms with E-state index in [1.54, 1.807) is 52.1 Å². The summed E-state index contributed by atoms with van der Waals surface area (Å²) in [5.41, 5.74) is -0.0908. The normalized spacial score (nSPS) is 20.9. The Kier molecular flexibility index (Phi) is 7.93. The molecule has 0 aliphatic carbocycles. The molecule has 3 aromatic rings. The van der Waals surface area contributed by atoms with Crippen LogP contribution in [-0.4, -0.2) is 74.5 Å². The van der Waals surface area contributed by atoms with Crippen LogP contribution in [0, 0.1) is 12.7 Å². The fourth-order valence-corrected chi connectivity index (χ4v) is 5.98. The fraction of sp³-hybridized carbons (Fsp3) is 0.414. The molecule has 222 valence electrons. The van der Waals surface area contributed by atoms with Crippen molar-refractivity contribution in [2.45, 2.75) is 51.3 Å². The van der Waals surface area contributed by atoms with Crippen molar-refractivity contribution < 1.29 is 23.5 Å². The minimum Gasteiger partial charge on any atom is -0.444 e. The summed E-state index contributed by atoms with van der Waals surface area (Å²) in [6.45, 7) is 7.57. The van der Waals surface area contributed by atoms with Gasteiger partial charge in [0, 0.05) is 41.7 Å². The summed E-state index contributed by atoms with van der Waals surface area (Å²) < 4.78 is 21.0. The Morgan fingerprint density at radius 3 is 2.50 bits per heavy atom. The number of halogens is 3. The van der Waals surface area contributed by atoms with E-state index in [-0.39, 0.29) is 38.5 Å². The van der Waals surface area contributed by atoms with Crippen molar-refractivity contribution >= 4 is 41.1 Å². The molecule has 3 heterocycles. The van der Waals surface area contributed by atoms with Crippen LogP contribution in [0.2, 0.25) is 10.0 Å². The standard InChI is InChI=1S/C29H31Cl2FN6O4/c1-17-11-21(32)5-6-22(17)24-25(39)33-8-10-37(24)26(40)29(7-9-36(16-29)27(41)42-28(2,3)4)38-15-23(34-35-38)18-12-19(30)14-20(31)13-18/h5-6,11-15,24H,7-10,16H2,1-4H3,(H,33,39). The monoisotopic (exact) mass is 616 g/mol. The van der Waals surface area contributed by atoms with Crippen molar-refractivity contribution in [1.82, 2.24) is 30.1 Å². The number of amides is 3. The van der Waals surface area contributed by atoms with Gasteiger partial charge in [0.25, 0.3) is 5.91 Å². The van der Waals surface area contributed by atoms with Crippen LogP contribution in [0.25, 0.3) is 11.3 Å². The van der Waals surface area contributed by atoms with Crippen LogP contribution >= 0.6 is 23.2 Å². The summed E-state index contributed by atoms with van der Waals surface area (Å²) >= 11 is 12.4. The second kappa shape index (κ2) is 11.2. The van der Waals surface area contributed by atoms with Crippen molar-refractivity contribution in [1.29, 1.82) is 0 Å². The van der Waals surface area contributed by atoms with Crippen LogP contribution in [0.5, 0.6) is 0 Å². The van der Waals surface area contributed by atoms with Crippen LogP contribution in [0.3, 0.4) is 0 Å². The van der Waals surface area contributed by atoms with Crippen molar-refractivity contribution in [2.75, 3.05) is 26.2 Å². The summed E-state index contributed by atoms with van der Waals surface area (Å²) in [7, 11) is 0. The molecule has 1 N–H and O–H groups in total. The van der Waals surface area contributed by atoms with Crippen molar-refractivity contribution in [3.05, 3.63) is 69.6 Å². The second-order valence-corrected chi connectivity index (χ2v) is 12.5. The van der Waals surface area contributed by atoms with Gasteiger partial charge < -0.3 is 19.9 Å². The van der Waals surface area contributed by atoms with Crippen LogP contribution in [0.4, 0.5) is 9.18 Å². The molecule has 0 spiro atoms. The number of aromatic nitrogens is 3. The maximum atomic E-state index is 14.7. The van der Waals surface area contributed by atoms with Crippen molar-refractivity contribution in [2.24, 2.45) is 0 Å². The van der Waals surface area contributed by atoms with Gasteiger partial charge in [-0.15, -0.1) is 5.10 Å². The minimum atomic E-state index is -1.41. The first kappa shape index (κ1) is 29.8. The van der Waals surface area contributed by atoms with Gasteiger partial charge in [-0.25, -0.2) is 13.9 Å². The van der Waals surface area contributed by atoms with Gasteiger partial charge in [0.2, 0.25) is 5.91 Å². The Balaban J connectivity index is 1.57. The number of nitrogens with one attached hydrogen (secondary N) is 1. The van der Waals surface area contributed by atoms with E-state index in [1.165, 1.54) is 32.7 Å². The first-order valence-corrected chi connectivity index (χ1v) is 14.2. The molecule has 0 bridgehead atoms. The van der Waals surface area contributed by atoms with Crippen LogP contribution in [0.1, 0.15) is 44.4 Å². The molecule has 2 aliphatic heterocycles. The average Bonchev–Trinajstić information content (AvgIpc) is 3.56. The van der Waals surface area contributed by atoms with E-state index < -0.39 is 35.0 Å².